The van der Waals surface area contributed by atoms with Crippen molar-refractivity contribution in [3.8, 4) is 5.69 Å². The Labute approximate surface area is 220 Å². The Balaban J connectivity index is 1.58. The molecular formula is C26H33FN8O3. The molecule has 1 fully saturated rings. The van der Waals surface area contributed by atoms with Gasteiger partial charge in [0.1, 0.15) is 17.1 Å². The highest BCUT2D eigenvalue weighted by Gasteiger charge is 2.37. The van der Waals surface area contributed by atoms with Gasteiger partial charge in [-0.2, -0.15) is 10.2 Å². The quantitative estimate of drug-likeness (QED) is 0.335. The van der Waals surface area contributed by atoms with Crippen LogP contribution in [0.4, 0.5) is 21.7 Å². The second kappa shape index (κ2) is 10.7. The second-order valence-electron chi connectivity index (χ2n) is 10.7. The Morgan fingerprint density at radius 2 is 1.95 bits per heavy atom. The Hall–Kier alpha value is -4.09. The second-order valence-corrected chi connectivity index (χ2v) is 10.7. The molecule has 4 rings (SSSR count). The summed E-state index contributed by atoms with van der Waals surface area (Å²) in [5.41, 5.74) is 6.61. The number of carbonyl (C=O) groups excluding carboxylic acids is 2. The fourth-order valence-corrected chi connectivity index (χ4v) is 4.19. The van der Waals surface area contributed by atoms with Crippen molar-refractivity contribution in [1.82, 2.24) is 25.0 Å². The van der Waals surface area contributed by atoms with Crippen molar-refractivity contribution in [2.45, 2.75) is 65.5 Å². The van der Waals surface area contributed by atoms with Gasteiger partial charge >= 0.3 is 5.97 Å². The first kappa shape index (κ1) is 27.0. The van der Waals surface area contributed by atoms with E-state index in [9.17, 15) is 9.59 Å². The van der Waals surface area contributed by atoms with E-state index in [-0.39, 0.29) is 47.5 Å². The minimum atomic E-state index is -0.837. The van der Waals surface area contributed by atoms with Crippen molar-refractivity contribution >= 4 is 29.2 Å². The highest BCUT2D eigenvalue weighted by Crippen LogP contribution is 2.39. The molecule has 1 saturated carbocycles. The molecule has 4 N–H and O–H groups in total. The van der Waals surface area contributed by atoms with Gasteiger partial charge in [0, 0.05) is 6.04 Å². The van der Waals surface area contributed by atoms with Crippen molar-refractivity contribution < 1.29 is 18.7 Å². The smallest absolute Gasteiger partial charge is 0.306 e. The first-order valence-electron chi connectivity index (χ1n) is 12.5. The van der Waals surface area contributed by atoms with Crippen LogP contribution in [0.3, 0.4) is 0 Å². The first-order valence-corrected chi connectivity index (χ1v) is 12.5. The number of pyridine rings is 2. The van der Waals surface area contributed by atoms with Crippen LogP contribution in [-0.2, 0) is 9.53 Å². The zero-order chi connectivity index (χ0) is 27.6. The van der Waals surface area contributed by atoms with Gasteiger partial charge in [-0.25, -0.2) is 9.37 Å². The van der Waals surface area contributed by atoms with E-state index in [0.717, 1.165) is 24.6 Å². The number of ether oxygens (including phenoxy) is 1. The van der Waals surface area contributed by atoms with E-state index >= 15 is 4.39 Å². The van der Waals surface area contributed by atoms with E-state index in [1.165, 1.54) is 11.0 Å². The highest BCUT2D eigenvalue weighted by molar-refractivity contribution is 5.98. The molecule has 12 heteroatoms. The predicted octanol–water partition coefficient (Wildman–Crippen LogP) is 3.91. The Morgan fingerprint density at radius 3 is 2.55 bits per heavy atom. The number of anilines is 3. The summed E-state index contributed by atoms with van der Waals surface area (Å²) in [6.45, 7) is 9.20. The van der Waals surface area contributed by atoms with Crippen molar-refractivity contribution in [2.75, 3.05) is 10.6 Å². The summed E-state index contributed by atoms with van der Waals surface area (Å²) in [4.78, 5) is 34.5. The number of halogens is 1. The van der Waals surface area contributed by atoms with Crippen LogP contribution in [0, 0.1) is 24.6 Å². The highest BCUT2D eigenvalue weighted by atomic mass is 19.1. The largest absolute Gasteiger partial charge is 0.460 e. The van der Waals surface area contributed by atoms with Crippen molar-refractivity contribution in [3.63, 3.8) is 0 Å². The zero-order valence-electron chi connectivity index (χ0n) is 22.2. The minimum Gasteiger partial charge on any atom is -0.460 e. The molecule has 0 aliphatic heterocycles. The molecule has 38 heavy (non-hydrogen) atoms. The Bertz CT molecular complexity index is 1330. The predicted molar refractivity (Wildman–Crippen MR) is 140 cm³/mol. The van der Waals surface area contributed by atoms with Gasteiger partial charge in [-0.1, -0.05) is 6.92 Å². The van der Waals surface area contributed by atoms with Crippen molar-refractivity contribution in [1.29, 1.82) is 0 Å². The number of nitrogens with zero attached hydrogens (tertiary/aromatic N) is 5. The Morgan fingerprint density at radius 1 is 1.21 bits per heavy atom. The molecule has 1 aliphatic carbocycles. The summed E-state index contributed by atoms with van der Waals surface area (Å²) in [7, 11) is 0. The number of carbonyl (C=O) groups is 2. The average Bonchev–Trinajstić information content (AvgIpc) is 3.56. The number of nitrogens with one attached hydrogen (secondary N) is 2. The summed E-state index contributed by atoms with van der Waals surface area (Å²) < 4.78 is 20.6. The Kier molecular flexibility index (Phi) is 7.61. The van der Waals surface area contributed by atoms with E-state index in [2.05, 4.69) is 30.8 Å². The fourth-order valence-electron chi connectivity index (χ4n) is 4.19. The van der Waals surface area contributed by atoms with Crippen LogP contribution in [0.5, 0.6) is 0 Å². The normalized spacial score (nSPS) is 15.0. The van der Waals surface area contributed by atoms with Crippen molar-refractivity contribution in [3.05, 3.63) is 47.8 Å². The van der Waals surface area contributed by atoms with E-state index < -0.39 is 17.3 Å². The molecule has 0 radical (unpaired) electrons. The summed E-state index contributed by atoms with van der Waals surface area (Å²) in [6, 6.07) is 2.56. The van der Waals surface area contributed by atoms with E-state index in [0.29, 0.717) is 11.4 Å². The van der Waals surface area contributed by atoms with Gasteiger partial charge < -0.3 is 21.1 Å². The fraction of sp³-hybridized carbons (Fsp3) is 0.462. The van der Waals surface area contributed by atoms with Crippen LogP contribution in [-0.4, -0.2) is 48.5 Å². The lowest BCUT2D eigenvalue weighted by atomic mass is 9.94. The lowest BCUT2D eigenvalue weighted by Crippen LogP contribution is -2.34. The minimum absolute atomic E-state index is 0.0427. The third-order valence-corrected chi connectivity index (χ3v) is 6.02. The molecule has 202 valence electrons. The number of primary amides is 1. The molecular weight excluding hydrogens is 491 g/mol. The van der Waals surface area contributed by atoms with Crippen LogP contribution in [0.2, 0.25) is 0 Å². The molecule has 3 heterocycles. The molecule has 0 spiro atoms. The number of aryl methyl sites for hydroxylation is 1. The van der Waals surface area contributed by atoms with Gasteiger partial charge in [0.2, 0.25) is 0 Å². The van der Waals surface area contributed by atoms with Crippen LogP contribution < -0.4 is 16.4 Å². The maximum Gasteiger partial charge on any atom is 0.306 e. The monoisotopic (exact) mass is 524 g/mol. The third-order valence-electron chi connectivity index (χ3n) is 6.02. The number of rotatable bonds is 10. The van der Waals surface area contributed by atoms with Crippen LogP contribution in [0.15, 0.2) is 30.7 Å². The molecule has 0 bridgehead atoms. The van der Waals surface area contributed by atoms with Crippen LogP contribution in [0.1, 0.15) is 63.0 Å². The molecule has 0 unspecified atom stereocenters. The van der Waals surface area contributed by atoms with E-state index in [1.54, 1.807) is 18.5 Å². The molecule has 0 aromatic carbocycles. The summed E-state index contributed by atoms with van der Waals surface area (Å²) in [5.74, 6) is -1.72. The van der Waals surface area contributed by atoms with Gasteiger partial charge in [-0.05, 0) is 64.5 Å². The van der Waals surface area contributed by atoms with Gasteiger partial charge in [-0.15, -0.1) is 4.80 Å². The van der Waals surface area contributed by atoms with Gasteiger partial charge in [0.15, 0.2) is 11.6 Å². The number of hydrogen-bond acceptors (Lipinski definition) is 9. The maximum atomic E-state index is 15.1. The lowest BCUT2D eigenvalue weighted by molar-refractivity contribution is -0.156. The molecule has 1 amide bonds. The standard InChI is InChI=1S/C26H33FN8O3/c1-14(8-21(36)38-26(3,4)5)22(16-6-7-16)32-25-20(27)10-19(23(28)37)24(33-25)31-17-9-18(13-29-12-17)35-30-11-15(2)34-35/h9-14,16,22H,6-8H2,1-5H3,(H2,28,37)(H2,31,32,33)/t14-,22+/m1/s1. The van der Waals surface area contributed by atoms with Crippen LogP contribution >= 0.6 is 0 Å². The van der Waals surface area contributed by atoms with Gasteiger partial charge in [0.05, 0.1) is 42.0 Å². The molecule has 11 nitrogen and oxygen atoms in total. The molecule has 1 aliphatic rings. The molecule has 2 atom stereocenters. The number of aromatic nitrogens is 5. The van der Waals surface area contributed by atoms with Crippen LogP contribution in [0.25, 0.3) is 5.69 Å². The van der Waals surface area contributed by atoms with Gasteiger partial charge in [0.25, 0.3) is 5.91 Å². The van der Waals surface area contributed by atoms with Crippen molar-refractivity contribution in [2.24, 2.45) is 17.6 Å². The summed E-state index contributed by atoms with van der Waals surface area (Å²) in [6.07, 6.45) is 6.82. The maximum absolute atomic E-state index is 15.1. The van der Waals surface area contributed by atoms with E-state index in [4.69, 9.17) is 10.5 Å². The molecule has 0 saturated heterocycles. The van der Waals surface area contributed by atoms with Gasteiger partial charge in [-0.3, -0.25) is 14.6 Å². The average molecular weight is 525 g/mol. The summed E-state index contributed by atoms with van der Waals surface area (Å²) >= 11 is 0. The number of hydrogen-bond donors (Lipinski definition) is 3. The zero-order valence-corrected chi connectivity index (χ0v) is 22.2. The number of esters is 1. The number of nitrogens with two attached hydrogens (primary N) is 1. The molecule has 3 aromatic rings. The van der Waals surface area contributed by atoms with E-state index in [1.807, 2.05) is 34.6 Å². The molecule has 3 aromatic heterocycles. The number of amides is 1. The third kappa shape index (κ3) is 6.81. The first-order chi connectivity index (χ1) is 17.9. The lowest BCUT2D eigenvalue weighted by Gasteiger charge is -2.27. The SMILES string of the molecule is Cc1cnn(-c2cncc(Nc3nc(N[C@H](C4CC4)[C@H](C)CC(=O)OC(C)(C)C)c(F)cc3C(N)=O)c2)n1. The summed E-state index contributed by atoms with van der Waals surface area (Å²) in [5, 5.41) is 14.6. The topological polar surface area (TPSA) is 150 Å².